The SMILES string of the molecule is CC(C)(C)c1cc(-c2ccc(F)c3ccccc23)nc(NCCN)n1.O=C(O)C=CC(=O)O. The van der Waals surface area contributed by atoms with Gasteiger partial charge in [0, 0.05) is 41.6 Å². The van der Waals surface area contributed by atoms with E-state index in [-0.39, 0.29) is 11.2 Å². The molecule has 0 radical (unpaired) electrons. The average molecular weight is 455 g/mol. The number of hydrogen-bond donors (Lipinski definition) is 4. The van der Waals surface area contributed by atoms with Crippen LogP contribution in [-0.4, -0.2) is 45.2 Å². The Kier molecular flexibility index (Phi) is 8.58. The molecule has 174 valence electrons. The van der Waals surface area contributed by atoms with E-state index in [0.29, 0.717) is 36.6 Å². The van der Waals surface area contributed by atoms with Crippen LogP contribution in [0, 0.1) is 5.82 Å². The van der Waals surface area contributed by atoms with Gasteiger partial charge in [-0.25, -0.2) is 23.9 Å². The first-order valence-corrected chi connectivity index (χ1v) is 10.2. The van der Waals surface area contributed by atoms with Gasteiger partial charge in [-0.05, 0) is 23.6 Å². The first-order valence-electron chi connectivity index (χ1n) is 10.2. The van der Waals surface area contributed by atoms with Crippen LogP contribution in [0.5, 0.6) is 0 Å². The molecular formula is C24H27FN4O4. The molecule has 33 heavy (non-hydrogen) atoms. The van der Waals surface area contributed by atoms with Crippen LogP contribution in [0.1, 0.15) is 26.5 Å². The minimum absolute atomic E-state index is 0.132. The van der Waals surface area contributed by atoms with Crippen molar-refractivity contribution in [3.63, 3.8) is 0 Å². The van der Waals surface area contributed by atoms with E-state index in [1.54, 1.807) is 12.1 Å². The van der Waals surface area contributed by atoms with E-state index in [0.717, 1.165) is 22.3 Å². The molecule has 1 aromatic heterocycles. The van der Waals surface area contributed by atoms with Crippen molar-refractivity contribution in [2.45, 2.75) is 26.2 Å². The van der Waals surface area contributed by atoms with Crippen LogP contribution < -0.4 is 11.1 Å². The lowest BCUT2D eigenvalue weighted by Crippen LogP contribution is -2.19. The number of rotatable bonds is 6. The lowest BCUT2D eigenvalue weighted by Gasteiger charge is -2.20. The smallest absolute Gasteiger partial charge is 0.328 e. The van der Waals surface area contributed by atoms with Gasteiger partial charge >= 0.3 is 11.9 Å². The maximum Gasteiger partial charge on any atom is 0.328 e. The summed E-state index contributed by atoms with van der Waals surface area (Å²) in [6.45, 7) is 7.41. The minimum atomic E-state index is -1.26. The molecule has 0 unspecified atom stereocenters. The highest BCUT2D eigenvalue weighted by atomic mass is 19.1. The summed E-state index contributed by atoms with van der Waals surface area (Å²) in [6, 6.07) is 12.7. The van der Waals surface area contributed by atoms with Gasteiger partial charge < -0.3 is 21.3 Å². The predicted molar refractivity (Wildman–Crippen MR) is 126 cm³/mol. The number of halogens is 1. The normalized spacial score (nSPS) is 11.2. The molecule has 0 atom stereocenters. The van der Waals surface area contributed by atoms with Gasteiger partial charge in [0.15, 0.2) is 0 Å². The van der Waals surface area contributed by atoms with E-state index in [1.165, 1.54) is 6.07 Å². The number of benzene rings is 2. The third kappa shape index (κ3) is 7.36. The van der Waals surface area contributed by atoms with Crippen molar-refractivity contribution in [2.24, 2.45) is 5.73 Å². The molecule has 0 fully saturated rings. The van der Waals surface area contributed by atoms with E-state index < -0.39 is 11.9 Å². The third-order valence-corrected chi connectivity index (χ3v) is 4.44. The van der Waals surface area contributed by atoms with E-state index in [4.69, 9.17) is 15.9 Å². The Hall–Kier alpha value is -3.85. The third-order valence-electron chi connectivity index (χ3n) is 4.44. The Bertz CT molecular complexity index is 1160. The number of aliphatic carboxylic acids is 2. The average Bonchev–Trinajstić information content (AvgIpc) is 2.76. The lowest BCUT2D eigenvalue weighted by molar-refractivity contribution is -0.134. The Morgan fingerprint density at radius 2 is 1.64 bits per heavy atom. The van der Waals surface area contributed by atoms with E-state index in [9.17, 15) is 14.0 Å². The zero-order valence-electron chi connectivity index (χ0n) is 18.7. The number of nitrogens with zero attached hydrogens (tertiary/aromatic N) is 2. The van der Waals surface area contributed by atoms with Crippen molar-refractivity contribution in [1.29, 1.82) is 0 Å². The molecule has 1 heterocycles. The molecule has 5 N–H and O–H groups in total. The number of carboxylic acids is 2. The molecule has 9 heteroatoms. The fourth-order valence-electron chi connectivity index (χ4n) is 2.86. The predicted octanol–water partition coefficient (Wildman–Crippen LogP) is 3.82. The maximum absolute atomic E-state index is 14.1. The Morgan fingerprint density at radius 1 is 1.03 bits per heavy atom. The summed E-state index contributed by atoms with van der Waals surface area (Å²) >= 11 is 0. The second-order valence-corrected chi connectivity index (χ2v) is 8.08. The minimum Gasteiger partial charge on any atom is -0.478 e. The van der Waals surface area contributed by atoms with Crippen molar-refractivity contribution in [3.8, 4) is 11.3 Å². The lowest BCUT2D eigenvalue weighted by atomic mass is 9.90. The second-order valence-electron chi connectivity index (χ2n) is 8.08. The van der Waals surface area contributed by atoms with E-state index >= 15 is 0 Å². The van der Waals surface area contributed by atoms with Gasteiger partial charge in [0.25, 0.3) is 0 Å². The van der Waals surface area contributed by atoms with Gasteiger partial charge in [0.2, 0.25) is 5.95 Å². The van der Waals surface area contributed by atoms with E-state index in [1.807, 2.05) is 24.3 Å². The zero-order valence-corrected chi connectivity index (χ0v) is 18.7. The molecule has 0 spiro atoms. The molecule has 0 bridgehead atoms. The van der Waals surface area contributed by atoms with Crippen molar-refractivity contribution in [1.82, 2.24) is 9.97 Å². The summed E-state index contributed by atoms with van der Waals surface area (Å²) in [5.74, 6) is -2.20. The maximum atomic E-state index is 14.1. The molecule has 0 amide bonds. The molecular weight excluding hydrogens is 427 g/mol. The van der Waals surface area contributed by atoms with Crippen LogP contribution in [0.3, 0.4) is 0 Å². The summed E-state index contributed by atoms with van der Waals surface area (Å²) in [7, 11) is 0. The number of carbonyl (C=O) groups is 2. The standard InChI is InChI=1S/C20H23FN4.C4H4O4/c1-20(2,3)18-12-17(24-19(25-18)23-11-10-22)15-8-9-16(21)14-7-5-4-6-13(14)15;5-3(6)1-2-4(7)8/h4-9,12H,10-11,22H2,1-3H3,(H,23,24,25);1-2H,(H,5,6)(H,7,8). The Balaban J connectivity index is 0.000000414. The zero-order chi connectivity index (χ0) is 24.6. The van der Waals surface area contributed by atoms with Gasteiger partial charge in [-0.1, -0.05) is 45.0 Å². The highest BCUT2D eigenvalue weighted by Crippen LogP contribution is 2.32. The molecule has 0 saturated carbocycles. The van der Waals surface area contributed by atoms with Gasteiger partial charge in [-0.15, -0.1) is 0 Å². The molecule has 0 aliphatic rings. The highest BCUT2D eigenvalue weighted by molar-refractivity contribution is 5.96. The summed E-state index contributed by atoms with van der Waals surface area (Å²) in [4.78, 5) is 28.4. The molecule has 0 aliphatic carbocycles. The van der Waals surface area contributed by atoms with Crippen LogP contribution in [0.25, 0.3) is 22.0 Å². The van der Waals surface area contributed by atoms with Crippen molar-refractivity contribution in [2.75, 3.05) is 18.4 Å². The molecule has 0 saturated heterocycles. The van der Waals surface area contributed by atoms with Crippen LogP contribution in [0.2, 0.25) is 0 Å². The monoisotopic (exact) mass is 454 g/mol. The fraction of sp³-hybridized carbons (Fsp3) is 0.250. The summed E-state index contributed by atoms with van der Waals surface area (Å²) in [5, 5.41) is 20.2. The van der Waals surface area contributed by atoms with Gasteiger partial charge in [0.05, 0.1) is 11.4 Å². The number of nitrogens with two attached hydrogens (primary N) is 1. The van der Waals surface area contributed by atoms with Gasteiger partial charge in [0.1, 0.15) is 5.82 Å². The number of aromatic nitrogens is 2. The first kappa shape index (κ1) is 25.4. The summed E-state index contributed by atoms with van der Waals surface area (Å²) in [5.41, 5.74) is 8.03. The fourth-order valence-corrected chi connectivity index (χ4v) is 2.86. The first-order chi connectivity index (χ1) is 15.5. The van der Waals surface area contributed by atoms with Crippen molar-refractivity contribution >= 4 is 28.7 Å². The number of carboxylic acid groups (broad SMARTS) is 2. The Morgan fingerprint density at radius 3 is 2.18 bits per heavy atom. The number of fused-ring (bicyclic) bond motifs is 1. The summed E-state index contributed by atoms with van der Waals surface area (Å²) in [6.07, 6.45) is 1.12. The molecule has 8 nitrogen and oxygen atoms in total. The van der Waals surface area contributed by atoms with Crippen LogP contribution in [0.15, 0.2) is 54.6 Å². The molecule has 0 aliphatic heterocycles. The van der Waals surface area contributed by atoms with Gasteiger partial charge in [-0.3, -0.25) is 0 Å². The molecule has 3 aromatic rings. The largest absolute Gasteiger partial charge is 0.478 e. The highest BCUT2D eigenvalue weighted by Gasteiger charge is 2.19. The topological polar surface area (TPSA) is 138 Å². The van der Waals surface area contributed by atoms with Crippen molar-refractivity contribution in [3.05, 3.63) is 66.1 Å². The quantitative estimate of drug-likeness (QED) is 0.412. The van der Waals surface area contributed by atoms with Crippen LogP contribution in [-0.2, 0) is 15.0 Å². The van der Waals surface area contributed by atoms with E-state index in [2.05, 4.69) is 36.1 Å². The van der Waals surface area contributed by atoms with Crippen LogP contribution >= 0.6 is 0 Å². The second kappa shape index (κ2) is 11.1. The van der Waals surface area contributed by atoms with Crippen molar-refractivity contribution < 1.29 is 24.2 Å². The Labute approximate surface area is 191 Å². The number of anilines is 1. The molecule has 2 aromatic carbocycles. The number of hydrogen-bond acceptors (Lipinski definition) is 6. The van der Waals surface area contributed by atoms with Gasteiger partial charge in [-0.2, -0.15) is 0 Å². The van der Waals surface area contributed by atoms with Crippen LogP contribution in [0.4, 0.5) is 10.3 Å². The summed E-state index contributed by atoms with van der Waals surface area (Å²) < 4.78 is 14.1. The number of nitrogens with one attached hydrogen (secondary N) is 1. The molecule has 3 rings (SSSR count).